The fraction of sp³-hybridized carbons (Fsp3) is 0.893. The molecule has 0 radical (unpaired) electrons. The average molecular weight is 504 g/mol. The van der Waals surface area contributed by atoms with E-state index >= 15 is 0 Å². The second-order valence-corrected chi connectivity index (χ2v) is 7.73. The number of esters is 2. The van der Waals surface area contributed by atoms with Crippen LogP contribution in [-0.4, -0.2) is 37.7 Å². The van der Waals surface area contributed by atoms with Gasteiger partial charge in [0.15, 0.2) is 5.96 Å². The van der Waals surface area contributed by atoms with E-state index in [-0.39, 0.29) is 29.7 Å². The molecule has 7 heteroatoms. The van der Waals surface area contributed by atoms with Crippen molar-refractivity contribution < 1.29 is 19.1 Å². The van der Waals surface area contributed by atoms with Crippen LogP contribution in [0.25, 0.3) is 0 Å². The van der Waals surface area contributed by atoms with Gasteiger partial charge in [-0.15, -0.1) is 0 Å². The molecule has 2 unspecified atom stereocenters. The van der Waals surface area contributed by atoms with Gasteiger partial charge >= 0.3 is 11.9 Å². The number of carbonyl (C=O) groups is 2. The molecule has 0 aromatic heterocycles. The highest BCUT2D eigenvalue weighted by molar-refractivity contribution is 5.75. The number of hydrogen-bond donors (Lipinski definition) is 2. The monoisotopic (exact) mass is 503 g/mol. The Morgan fingerprint density at radius 2 is 1.17 bits per heavy atom. The van der Waals surface area contributed by atoms with Gasteiger partial charge in [-0.05, 0) is 32.1 Å². The molecule has 4 N–H and O–H groups in total. The maximum atomic E-state index is 12.4. The summed E-state index contributed by atoms with van der Waals surface area (Å²) in [6.07, 6.45) is 10.6. The van der Waals surface area contributed by atoms with Crippen molar-refractivity contribution in [1.82, 2.24) is 0 Å². The summed E-state index contributed by atoms with van der Waals surface area (Å²) in [5, 5.41) is 0. The second kappa shape index (κ2) is 34.4. The molecule has 0 aliphatic rings. The Labute approximate surface area is 218 Å². The van der Waals surface area contributed by atoms with Gasteiger partial charge < -0.3 is 20.9 Å². The van der Waals surface area contributed by atoms with Gasteiger partial charge in [0.1, 0.15) is 0 Å². The maximum absolute atomic E-state index is 12.4. The van der Waals surface area contributed by atoms with Crippen LogP contribution in [0.1, 0.15) is 133 Å². The molecule has 2 atom stereocenters. The zero-order valence-electron chi connectivity index (χ0n) is 24.8. The number of unbranched alkanes of at least 4 members (excludes halogenated alkanes) is 5. The predicted octanol–water partition coefficient (Wildman–Crippen LogP) is 7.01. The largest absolute Gasteiger partial charge is 0.465 e. The van der Waals surface area contributed by atoms with E-state index in [1.807, 2.05) is 41.5 Å². The van der Waals surface area contributed by atoms with Crippen molar-refractivity contribution in [2.75, 3.05) is 19.8 Å². The average Bonchev–Trinajstić information content (AvgIpc) is 2.88. The lowest BCUT2D eigenvalue weighted by molar-refractivity contribution is -0.151. The van der Waals surface area contributed by atoms with Gasteiger partial charge in [0, 0.05) is 6.54 Å². The summed E-state index contributed by atoms with van der Waals surface area (Å²) >= 11 is 0. The highest BCUT2D eigenvalue weighted by atomic mass is 16.5. The minimum Gasteiger partial charge on any atom is -0.465 e. The van der Waals surface area contributed by atoms with Crippen LogP contribution in [0.4, 0.5) is 0 Å². The number of rotatable bonds is 18. The zero-order valence-corrected chi connectivity index (χ0v) is 24.8. The van der Waals surface area contributed by atoms with Crippen molar-refractivity contribution in [3.8, 4) is 0 Å². The molecule has 0 bridgehead atoms. The first kappa shape index (κ1) is 40.4. The maximum Gasteiger partial charge on any atom is 0.308 e. The van der Waals surface area contributed by atoms with Crippen LogP contribution in [0.5, 0.6) is 0 Å². The first-order chi connectivity index (χ1) is 16.9. The van der Waals surface area contributed by atoms with Gasteiger partial charge in [-0.25, -0.2) is 0 Å². The summed E-state index contributed by atoms with van der Waals surface area (Å²) < 4.78 is 10.7. The minimum atomic E-state index is -0.250. The molecule has 35 heavy (non-hydrogen) atoms. The topological polar surface area (TPSA) is 117 Å². The third-order valence-electron chi connectivity index (χ3n) is 4.93. The molecular formula is C28H61N3O4. The van der Waals surface area contributed by atoms with E-state index in [4.69, 9.17) is 20.9 Å². The lowest BCUT2D eigenvalue weighted by atomic mass is 9.95. The molecule has 0 spiro atoms. The van der Waals surface area contributed by atoms with E-state index in [0.717, 1.165) is 32.1 Å². The molecule has 0 aromatic rings. The molecule has 0 rings (SSSR count). The lowest BCUT2D eigenvalue weighted by Crippen LogP contribution is -2.24. The van der Waals surface area contributed by atoms with Crippen molar-refractivity contribution in [2.45, 2.75) is 133 Å². The van der Waals surface area contributed by atoms with Gasteiger partial charge in [0.2, 0.25) is 0 Å². The summed E-state index contributed by atoms with van der Waals surface area (Å²) in [5.41, 5.74) is 10.5. The third kappa shape index (κ3) is 30.2. The Kier molecular flexibility index (Phi) is 39.7. The summed E-state index contributed by atoms with van der Waals surface area (Å²) in [7, 11) is 0. The number of hydrogen-bond acceptors (Lipinski definition) is 5. The van der Waals surface area contributed by atoms with Gasteiger partial charge in [-0.3, -0.25) is 14.6 Å². The van der Waals surface area contributed by atoms with Gasteiger partial charge in [0.25, 0.3) is 0 Å². The molecular weight excluding hydrogens is 442 g/mol. The first-order valence-corrected chi connectivity index (χ1v) is 14.3. The van der Waals surface area contributed by atoms with Crippen LogP contribution < -0.4 is 11.5 Å². The number of nitrogens with zero attached hydrogens (tertiary/aromatic N) is 1. The van der Waals surface area contributed by atoms with Crippen molar-refractivity contribution in [2.24, 2.45) is 28.3 Å². The molecule has 0 fully saturated rings. The molecule has 0 aliphatic carbocycles. The van der Waals surface area contributed by atoms with E-state index in [0.29, 0.717) is 39.0 Å². The smallest absolute Gasteiger partial charge is 0.308 e. The summed E-state index contributed by atoms with van der Waals surface area (Å²) in [4.78, 5) is 28.1. The SMILES string of the molecule is CC.CC.CC.CCCCCCC(CCCC)C(=O)OCCCCOC(=O)C(C)CCN=C(N)N. The van der Waals surface area contributed by atoms with Crippen LogP contribution in [0.15, 0.2) is 4.99 Å². The number of carbonyl (C=O) groups excluding carboxylic acids is 2. The van der Waals surface area contributed by atoms with Gasteiger partial charge in [-0.2, -0.15) is 0 Å². The second-order valence-electron chi connectivity index (χ2n) is 7.73. The van der Waals surface area contributed by atoms with Crippen LogP contribution in [-0.2, 0) is 19.1 Å². The number of aliphatic imine (C=N–C) groups is 1. The normalized spacial score (nSPS) is 11.1. The van der Waals surface area contributed by atoms with Crippen LogP contribution in [0.3, 0.4) is 0 Å². The van der Waals surface area contributed by atoms with E-state index in [9.17, 15) is 9.59 Å². The standard InChI is InChI=1S/C22H43N3O4.3C2H6/c1-4-6-8-9-13-19(12-7-5-2)21(27)29-17-11-10-16-28-20(26)18(3)14-15-25-22(23)24;3*1-2/h18-19H,4-17H2,1-3H3,(H4,23,24,25);3*1-2H3. The predicted molar refractivity (Wildman–Crippen MR) is 151 cm³/mol. The quantitative estimate of drug-likeness (QED) is 0.0899. The van der Waals surface area contributed by atoms with Crippen LogP contribution in [0.2, 0.25) is 0 Å². The summed E-state index contributed by atoms with van der Waals surface area (Å²) in [5.74, 6) is -0.517. The molecule has 0 saturated heterocycles. The molecule has 0 saturated carbocycles. The van der Waals surface area contributed by atoms with Crippen LogP contribution >= 0.6 is 0 Å². The van der Waals surface area contributed by atoms with E-state index in [2.05, 4.69) is 18.8 Å². The Bertz CT molecular complexity index is 467. The van der Waals surface area contributed by atoms with Crippen molar-refractivity contribution in [3.63, 3.8) is 0 Å². The van der Waals surface area contributed by atoms with Crippen molar-refractivity contribution in [1.29, 1.82) is 0 Å². The highest BCUT2D eigenvalue weighted by Crippen LogP contribution is 2.19. The summed E-state index contributed by atoms with van der Waals surface area (Å²) in [6.45, 7) is 19.2. The van der Waals surface area contributed by atoms with Gasteiger partial charge in [0.05, 0.1) is 25.0 Å². The fourth-order valence-electron chi connectivity index (χ4n) is 2.96. The Balaban J connectivity index is -0.000000737. The highest BCUT2D eigenvalue weighted by Gasteiger charge is 2.19. The minimum absolute atomic E-state index is 0.0238. The lowest BCUT2D eigenvalue weighted by Gasteiger charge is -2.16. The summed E-state index contributed by atoms with van der Waals surface area (Å²) in [6, 6.07) is 0. The molecule has 0 aromatic carbocycles. The number of nitrogens with two attached hydrogens (primary N) is 2. The zero-order chi connectivity index (χ0) is 27.9. The molecule has 212 valence electrons. The van der Waals surface area contributed by atoms with E-state index < -0.39 is 0 Å². The Hall–Kier alpha value is -1.79. The Morgan fingerprint density at radius 1 is 0.686 bits per heavy atom. The molecule has 7 nitrogen and oxygen atoms in total. The number of guanidine groups is 1. The Morgan fingerprint density at radius 3 is 1.66 bits per heavy atom. The molecule has 0 aliphatic heterocycles. The van der Waals surface area contributed by atoms with Crippen LogP contribution in [0, 0.1) is 11.8 Å². The third-order valence-corrected chi connectivity index (χ3v) is 4.93. The molecule has 0 heterocycles. The number of ether oxygens (including phenoxy) is 2. The van der Waals surface area contributed by atoms with E-state index in [1.165, 1.54) is 19.3 Å². The molecule has 0 amide bonds. The van der Waals surface area contributed by atoms with Crippen molar-refractivity contribution in [3.05, 3.63) is 0 Å². The fourth-order valence-corrected chi connectivity index (χ4v) is 2.96. The van der Waals surface area contributed by atoms with Gasteiger partial charge in [-0.1, -0.05) is 101 Å². The van der Waals surface area contributed by atoms with Crippen molar-refractivity contribution >= 4 is 17.9 Å². The first-order valence-electron chi connectivity index (χ1n) is 14.3. The van der Waals surface area contributed by atoms with E-state index in [1.54, 1.807) is 6.92 Å².